The Morgan fingerprint density at radius 2 is 1.05 bits per heavy atom. The summed E-state index contributed by atoms with van der Waals surface area (Å²) >= 11 is 24.4. The van der Waals surface area contributed by atoms with E-state index in [1.165, 1.54) is 0 Å². The van der Waals surface area contributed by atoms with E-state index < -0.39 is 15.9 Å². The van der Waals surface area contributed by atoms with Crippen molar-refractivity contribution in [2.75, 3.05) is 6.61 Å². The largest absolute Gasteiger partial charge is 0.479 e. The van der Waals surface area contributed by atoms with Crippen LogP contribution in [0.15, 0.2) is 0 Å². The molecule has 0 heterocycles. The first kappa shape index (κ1) is 33.5. The zero-order valence-electron chi connectivity index (χ0n) is 10.8. The molecule has 0 unspecified atom stereocenters. The van der Waals surface area contributed by atoms with E-state index in [1.807, 2.05) is 6.92 Å². The van der Waals surface area contributed by atoms with Crippen molar-refractivity contribution in [3.63, 3.8) is 0 Å². The smallest absolute Gasteiger partial charge is 0.361 e. The Bertz CT molecular complexity index is 275. The van der Waals surface area contributed by atoms with Crippen LogP contribution >= 0.6 is 87.6 Å². The first-order valence-corrected chi connectivity index (χ1v) is 7.35. The Balaban J connectivity index is -0.0000000555. The van der Waals surface area contributed by atoms with Gasteiger partial charge >= 0.3 is 15.9 Å². The second-order valence-electron chi connectivity index (χ2n) is 1.88. The van der Waals surface area contributed by atoms with Crippen LogP contribution in [0.3, 0.4) is 0 Å². The van der Waals surface area contributed by atoms with Crippen LogP contribution in [0.5, 0.6) is 0 Å². The summed E-state index contributed by atoms with van der Waals surface area (Å²) in [5.74, 6) is 0. The van der Waals surface area contributed by atoms with Crippen LogP contribution in [0.1, 0.15) is 6.92 Å². The van der Waals surface area contributed by atoms with Crippen LogP contribution in [-0.2, 0) is 4.74 Å². The first-order chi connectivity index (χ1) is 9.70. The molecule has 5 N–H and O–H groups in total. The number of ether oxygens (including phenoxy) is 1. The fourth-order valence-electron chi connectivity index (χ4n) is 0.123. The van der Waals surface area contributed by atoms with E-state index >= 15 is 0 Å². The number of thiol groups is 5. The number of carbonyl (C=O) groups is 3. The molecule has 0 aliphatic rings. The zero-order chi connectivity index (χ0) is 19.3. The van der Waals surface area contributed by atoms with Crippen LogP contribution in [0.4, 0.5) is 14.4 Å². The third-order valence-electron chi connectivity index (χ3n) is 0.268. The van der Waals surface area contributed by atoms with Crippen LogP contribution in [0.2, 0.25) is 0 Å². The summed E-state index contributed by atoms with van der Waals surface area (Å²) < 4.78 is 5.15. The normalized spacial score (nSPS) is 6.64. The van der Waals surface area contributed by atoms with Gasteiger partial charge in [0, 0.05) is 0 Å². The summed E-state index contributed by atoms with van der Waals surface area (Å²) in [5.41, 5.74) is 4.71. The quantitative estimate of drug-likeness (QED) is 0.216. The van der Waals surface area contributed by atoms with Crippen molar-refractivity contribution in [2.45, 2.75) is 6.92 Å². The molecule has 0 saturated carbocycles. The lowest BCUT2D eigenvalue weighted by Crippen LogP contribution is -1.94. The fourth-order valence-corrected chi connectivity index (χ4v) is 0.370. The van der Waals surface area contributed by atoms with Crippen LogP contribution in [0.25, 0.3) is 0 Å². The molecule has 0 saturated heterocycles. The summed E-state index contributed by atoms with van der Waals surface area (Å²) in [6.45, 7) is 2.48. The van der Waals surface area contributed by atoms with E-state index in [1.54, 1.807) is 0 Å². The highest BCUT2D eigenvalue weighted by Crippen LogP contribution is 1.83. The van der Waals surface area contributed by atoms with Gasteiger partial charge in [0.25, 0.3) is 0 Å². The summed E-state index contributed by atoms with van der Waals surface area (Å²) in [6.07, 6.45) is 0. The second kappa shape index (κ2) is 29.0. The molecule has 0 fully saturated rings. The number of hydrogen-bond acceptors (Lipinski definition) is 6. The van der Waals surface area contributed by atoms with Gasteiger partial charge < -0.3 is 25.8 Å². The maximum atomic E-state index is 8.86. The highest BCUT2D eigenvalue weighted by molar-refractivity contribution is 8.11. The number of rotatable bonds is 1. The second-order valence-corrected chi connectivity index (χ2v) is 5.34. The van der Waals surface area contributed by atoms with Crippen molar-refractivity contribution in [3.8, 4) is 0 Å². The molecule has 8 nitrogen and oxygen atoms in total. The zero-order valence-corrected chi connectivity index (χ0v) is 16.9. The molecule has 0 aliphatic heterocycles. The van der Waals surface area contributed by atoms with Crippen molar-refractivity contribution in [2.24, 2.45) is 5.73 Å². The van der Waals surface area contributed by atoms with E-state index in [4.69, 9.17) is 35.4 Å². The lowest BCUT2D eigenvalue weighted by atomic mass is 10.9. The Morgan fingerprint density at radius 3 is 1.05 bits per heavy atom. The lowest BCUT2D eigenvalue weighted by Gasteiger charge is -1.92. The number of nitrogens with two attached hydrogens (primary N) is 1. The van der Waals surface area contributed by atoms with E-state index in [2.05, 4.69) is 92.3 Å². The van der Waals surface area contributed by atoms with Gasteiger partial charge in [-0.3, -0.25) is 0 Å². The predicted octanol–water partition coefficient (Wildman–Crippen LogP) is 3.18. The molecule has 0 amide bonds. The SMILES string of the molecule is CCOC(=S)S.NC(=S)S.O=C(O)S.O=C(O)S.O=C(O)S. The van der Waals surface area contributed by atoms with Crippen molar-refractivity contribution in [1.29, 1.82) is 0 Å². The number of carboxylic acid groups (broad SMARTS) is 3. The molecule has 0 rings (SSSR count). The van der Waals surface area contributed by atoms with Crippen molar-refractivity contribution in [3.05, 3.63) is 0 Å². The van der Waals surface area contributed by atoms with E-state index in [9.17, 15) is 0 Å². The highest BCUT2D eigenvalue weighted by Gasteiger charge is 1.77. The molecule has 0 radical (unpaired) electrons. The van der Waals surface area contributed by atoms with Gasteiger partial charge in [0.1, 0.15) is 4.32 Å². The molecule has 0 bridgehead atoms. The molecule has 0 aliphatic carbocycles. The molecule has 0 spiro atoms. The Kier molecular flexibility index (Phi) is 44.2. The first-order valence-electron chi connectivity index (χ1n) is 4.30. The topological polar surface area (TPSA) is 147 Å². The standard InChI is InChI=1S/C3H6OS2.CH3NS2.3CH2O2S/c1-2-4-3(5)6;4*2-1(3)4/h2H2,1H3,(H,5,6);(H3,2,3,4);3*4H,(H,2,3). The van der Waals surface area contributed by atoms with Gasteiger partial charge in [0.2, 0.25) is 4.38 Å². The van der Waals surface area contributed by atoms with Crippen molar-refractivity contribution in [1.82, 2.24) is 0 Å². The molecular formula is C7H15NO7S7. The van der Waals surface area contributed by atoms with E-state index in [-0.39, 0.29) is 4.32 Å². The number of hydrogen-bond donors (Lipinski definition) is 9. The van der Waals surface area contributed by atoms with Gasteiger partial charge in [-0.2, -0.15) is 0 Å². The third kappa shape index (κ3) is 828. The maximum Gasteiger partial charge on any atom is 0.361 e. The molecule has 0 aromatic rings. The van der Waals surface area contributed by atoms with Crippen molar-refractivity contribution >= 4 is 112 Å². The van der Waals surface area contributed by atoms with E-state index in [0.717, 1.165) is 0 Å². The summed E-state index contributed by atoms with van der Waals surface area (Å²) in [5, 5.41) is 18.4. The minimum Gasteiger partial charge on any atom is -0.479 e. The monoisotopic (exact) mass is 449 g/mol. The molecular weight excluding hydrogens is 435 g/mol. The van der Waals surface area contributed by atoms with Gasteiger partial charge in [0.05, 0.1) is 6.61 Å². The minimum absolute atomic E-state index is 0.194. The average Bonchev–Trinajstić information content (AvgIpc) is 2.12. The van der Waals surface area contributed by atoms with Gasteiger partial charge in [-0.15, -0.1) is 12.6 Å². The molecule has 15 heteroatoms. The van der Waals surface area contributed by atoms with Gasteiger partial charge in [-0.25, -0.2) is 14.4 Å². The molecule has 0 atom stereocenters. The van der Waals surface area contributed by atoms with Gasteiger partial charge in [0.15, 0.2) is 0 Å². The highest BCUT2D eigenvalue weighted by atomic mass is 32.1. The van der Waals surface area contributed by atoms with Crippen molar-refractivity contribution < 1.29 is 34.4 Å². The lowest BCUT2D eigenvalue weighted by molar-refractivity contribution is 0.221. The average molecular weight is 450 g/mol. The summed E-state index contributed by atoms with van der Waals surface area (Å²) in [6, 6.07) is 0. The Hall–Kier alpha value is -0.0600. The third-order valence-corrected chi connectivity index (χ3v) is 0.515. The van der Waals surface area contributed by atoms with Crippen LogP contribution < -0.4 is 5.73 Å². The minimum atomic E-state index is -1.14. The summed E-state index contributed by atoms with van der Waals surface area (Å²) in [7, 11) is 0. The van der Waals surface area contributed by atoms with Crippen LogP contribution in [-0.4, -0.2) is 46.5 Å². The molecule has 0 aromatic heterocycles. The Morgan fingerprint density at radius 1 is 0.909 bits per heavy atom. The van der Waals surface area contributed by atoms with Gasteiger partial charge in [-0.05, 0) is 19.1 Å². The maximum absolute atomic E-state index is 8.86. The summed E-state index contributed by atoms with van der Waals surface area (Å²) in [4.78, 5) is 26.6. The molecule has 22 heavy (non-hydrogen) atoms. The number of thiocarbonyl (C=S) groups is 2. The molecule has 132 valence electrons. The molecule has 0 aromatic carbocycles. The van der Waals surface area contributed by atoms with Gasteiger partial charge in [-0.1, -0.05) is 62.7 Å². The predicted molar refractivity (Wildman–Crippen MR) is 110 cm³/mol. The fraction of sp³-hybridized carbons (Fsp3) is 0.286. The van der Waals surface area contributed by atoms with E-state index in [0.29, 0.717) is 11.0 Å². The van der Waals surface area contributed by atoms with Crippen LogP contribution in [0, 0.1) is 0 Å². The Labute approximate surface area is 165 Å².